The number of benzene rings is 1. The molecule has 1 rings (SSSR count). The summed E-state index contributed by atoms with van der Waals surface area (Å²) in [6.45, 7) is 7.39. The van der Waals surface area contributed by atoms with Gasteiger partial charge < -0.3 is 4.74 Å². The average Bonchev–Trinajstić information content (AvgIpc) is 2.30. The van der Waals surface area contributed by atoms with Gasteiger partial charge >= 0.3 is 0 Å². The van der Waals surface area contributed by atoms with Crippen molar-refractivity contribution in [2.75, 3.05) is 12.5 Å². The molecule has 0 bridgehead atoms. The lowest BCUT2D eigenvalue weighted by molar-refractivity contribution is 0.282. The molecule has 1 unspecified atom stereocenters. The van der Waals surface area contributed by atoms with Crippen LogP contribution in [0.2, 0.25) is 0 Å². The largest absolute Gasteiger partial charge is 0.494 e. The van der Waals surface area contributed by atoms with Crippen molar-refractivity contribution in [3.05, 3.63) is 29.8 Å². The van der Waals surface area contributed by atoms with Crippen molar-refractivity contribution < 1.29 is 4.74 Å². The molecule has 1 atom stereocenters. The summed E-state index contributed by atoms with van der Waals surface area (Å²) in [6, 6.07) is 8.37. The molecule has 17 heavy (non-hydrogen) atoms. The normalized spacial score (nSPS) is 12.8. The molecule has 0 N–H and O–H groups in total. The summed E-state index contributed by atoms with van der Waals surface area (Å²) >= 11 is 5.71. The van der Waals surface area contributed by atoms with Gasteiger partial charge in [0.1, 0.15) is 5.75 Å². The fourth-order valence-electron chi connectivity index (χ4n) is 1.67. The zero-order chi connectivity index (χ0) is 12.7. The van der Waals surface area contributed by atoms with Gasteiger partial charge in [-0.3, -0.25) is 0 Å². The van der Waals surface area contributed by atoms with Crippen LogP contribution in [0.5, 0.6) is 5.75 Å². The SMILES string of the molecule is CC(CCCl)CCOc1cccc(C(C)C)c1. The van der Waals surface area contributed by atoms with Crippen molar-refractivity contribution in [2.45, 2.75) is 39.5 Å². The average molecular weight is 255 g/mol. The Morgan fingerprint density at radius 1 is 1.18 bits per heavy atom. The van der Waals surface area contributed by atoms with E-state index in [0.717, 1.165) is 31.1 Å². The maximum atomic E-state index is 5.77. The quantitative estimate of drug-likeness (QED) is 0.633. The maximum Gasteiger partial charge on any atom is 0.119 e. The molecule has 96 valence electrons. The third kappa shape index (κ3) is 5.45. The Bertz CT molecular complexity index is 322. The van der Waals surface area contributed by atoms with E-state index < -0.39 is 0 Å². The molecule has 0 heterocycles. The van der Waals surface area contributed by atoms with Crippen molar-refractivity contribution in [3.63, 3.8) is 0 Å². The standard InChI is InChI=1S/C15H23ClO/c1-12(2)14-5-4-6-15(11-14)17-10-8-13(3)7-9-16/h4-6,11-13H,7-10H2,1-3H3. The highest BCUT2D eigenvalue weighted by atomic mass is 35.5. The van der Waals surface area contributed by atoms with E-state index in [1.54, 1.807) is 0 Å². The van der Waals surface area contributed by atoms with Gasteiger partial charge in [0.05, 0.1) is 6.61 Å². The monoisotopic (exact) mass is 254 g/mol. The minimum absolute atomic E-state index is 0.550. The first-order valence-corrected chi connectivity index (χ1v) is 6.95. The molecule has 0 aliphatic rings. The predicted octanol–water partition coefficient (Wildman–Crippen LogP) is 4.84. The number of ether oxygens (including phenoxy) is 1. The van der Waals surface area contributed by atoms with Crippen molar-refractivity contribution in [3.8, 4) is 5.75 Å². The smallest absolute Gasteiger partial charge is 0.119 e. The first-order valence-electron chi connectivity index (χ1n) is 6.42. The Labute approximate surface area is 110 Å². The maximum absolute atomic E-state index is 5.77. The van der Waals surface area contributed by atoms with E-state index in [2.05, 4.69) is 39.0 Å². The Balaban J connectivity index is 2.38. The van der Waals surface area contributed by atoms with Crippen molar-refractivity contribution >= 4 is 11.6 Å². The molecule has 0 aromatic heterocycles. The molecule has 0 spiro atoms. The van der Waals surface area contributed by atoms with Crippen LogP contribution in [0.3, 0.4) is 0 Å². The predicted molar refractivity (Wildman–Crippen MR) is 75.1 cm³/mol. The summed E-state index contributed by atoms with van der Waals surface area (Å²) in [5.41, 5.74) is 1.33. The Morgan fingerprint density at radius 3 is 2.59 bits per heavy atom. The zero-order valence-corrected chi connectivity index (χ0v) is 11.8. The summed E-state index contributed by atoms with van der Waals surface area (Å²) in [4.78, 5) is 0. The van der Waals surface area contributed by atoms with Gasteiger partial charge in [-0.2, -0.15) is 0 Å². The summed E-state index contributed by atoms with van der Waals surface area (Å²) in [5, 5.41) is 0. The molecule has 0 aliphatic carbocycles. The summed E-state index contributed by atoms with van der Waals surface area (Å²) in [5.74, 6) is 2.91. The third-order valence-corrected chi connectivity index (χ3v) is 3.22. The van der Waals surface area contributed by atoms with Crippen LogP contribution in [0, 0.1) is 5.92 Å². The molecule has 0 fully saturated rings. The molecule has 0 aliphatic heterocycles. The van der Waals surface area contributed by atoms with Gasteiger partial charge in [-0.05, 0) is 42.4 Å². The zero-order valence-electron chi connectivity index (χ0n) is 11.1. The minimum Gasteiger partial charge on any atom is -0.494 e. The highest BCUT2D eigenvalue weighted by Crippen LogP contribution is 2.20. The summed E-state index contributed by atoms with van der Waals surface area (Å²) in [6.07, 6.45) is 2.13. The minimum atomic E-state index is 0.550. The van der Waals surface area contributed by atoms with Gasteiger partial charge in [-0.25, -0.2) is 0 Å². The lowest BCUT2D eigenvalue weighted by Gasteiger charge is -2.12. The third-order valence-electron chi connectivity index (χ3n) is 3.01. The van der Waals surface area contributed by atoms with E-state index >= 15 is 0 Å². The second-order valence-electron chi connectivity index (χ2n) is 4.95. The van der Waals surface area contributed by atoms with E-state index in [0.29, 0.717) is 11.8 Å². The lowest BCUT2D eigenvalue weighted by Crippen LogP contribution is -2.05. The van der Waals surface area contributed by atoms with E-state index in [4.69, 9.17) is 16.3 Å². The van der Waals surface area contributed by atoms with Gasteiger partial charge in [0.2, 0.25) is 0 Å². The topological polar surface area (TPSA) is 9.23 Å². The second kappa shape index (κ2) is 7.60. The first-order chi connectivity index (χ1) is 8.13. The van der Waals surface area contributed by atoms with Gasteiger partial charge in [0, 0.05) is 5.88 Å². The van der Waals surface area contributed by atoms with Crippen LogP contribution in [-0.2, 0) is 0 Å². The molecule has 0 amide bonds. The molecule has 0 saturated heterocycles. The van der Waals surface area contributed by atoms with E-state index in [1.165, 1.54) is 5.56 Å². The van der Waals surface area contributed by atoms with E-state index in [-0.39, 0.29) is 0 Å². The molecular weight excluding hydrogens is 232 g/mol. The highest BCUT2D eigenvalue weighted by Gasteiger charge is 2.03. The number of halogens is 1. The Morgan fingerprint density at radius 2 is 1.94 bits per heavy atom. The number of hydrogen-bond acceptors (Lipinski definition) is 1. The van der Waals surface area contributed by atoms with Crippen molar-refractivity contribution in [1.82, 2.24) is 0 Å². The molecule has 1 aromatic carbocycles. The van der Waals surface area contributed by atoms with Crippen LogP contribution in [0.1, 0.15) is 45.1 Å². The van der Waals surface area contributed by atoms with Crippen LogP contribution in [0.15, 0.2) is 24.3 Å². The van der Waals surface area contributed by atoms with Crippen LogP contribution in [0.4, 0.5) is 0 Å². The lowest BCUT2D eigenvalue weighted by atomic mass is 10.0. The number of rotatable bonds is 7. The van der Waals surface area contributed by atoms with Crippen molar-refractivity contribution in [2.24, 2.45) is 5.92 Å². The van der Waals surface area contributed by atoms with Crippen LogP contribution < -0.4 is 4.74 Å². The Hall–Kier alpha value is -0.690. The van der Waals surface area contributed by atoms with Gasteiger partial charge in [-0.15, -0.1) is 11.6 Å². The molecular formula is C15H23ClO. The first kappa shape index (κ1) is 14.4. The van der Waals surface area contributed by atoms with Gasteiger partial charge in [0.15, 0.2) is 0 Å². The molecule has 0 saturated carbocycles. The van der Waals surface area contributed by atoms with Crippen LogP contribution in [-0.4, -0.2) is 12.5 Å². The molecule has 1 aromatic rings. The van der Waals surface area contributed by atoms with Crippen molar-refractivity contribution in [1.29, 1.82) is 0 Å². The Kier molecular flexibility index (Phi) is 6.43. The fourth-order valence-corrected chi connectivity index (χ4v) is 2.04. The molecule has 1 nitrogen and oxygen atoms in total. The number of hydrogen-bond donors (Lipinski definition) is 0. The van der Waals surface area contributed by atoms with Crippen LogP contribution in [0.25, 0.3) is 0 Å². The molecule has 0 radical (unpaired) electrons. The highest BCUT2D eigenvalue weighted by molar-refractivity contribution is 6.17. The van der Waals surface area contributed by atoms with E-state index in [9.17, 15) is 0 Å². The van der Waals surface area contributed by atoms with Gasteiger partial charge in [-0.1, -0.05) is 32.9 Å². The summed E-state index contributed by atoms with van der Waals surface area (Å²) in [7, 11) is 0. The van der Waals surface area contributed by atoms with Gasteiger partial charge in [0.25, 0.3) is 0 Å². The number of alkyl halides is 1. The fraction of sp³-hybridized carbons (Fsp3) is 0.600. The summed E-state index contributed by atoms with van der Waals surface area (Å²) < 4.78 is 5.77. The second-order valence-corrected chi connectivity index (χ2v) is 5.33. The van der Waals surface area contributed by atoms with E-state index in [1.807, 2.05) is 6.07 Å². The van der Waals surface area contributed by atoms with Crippen LogP contribution >= 0.6 is 11.6 Å². The molecule has 2 heteroatoms.